The molecule has 0 radical (unpaired) electrons. The number of fused-ring (bicyclic) bond motifs is 4. The summed E-state index contributed by atoms with van der Waals surface area (Å²) in [5.41, 5.74) is 1.98. The summed E-state index contributed by atoms with van der Waals surface area (Å²) in [6, 6.07) is 3.67. The molecule has 3 atom stereocenters. The second-order valence-corrected chi connectivity index (χ2v) is 9.86. The molecule has 12 nitrogen and oxygen atoms in total. The molecule has 0 saturated carbocycles. The maximum atomic E-state index is 13.2. The number of ether oxygens (including phenoxy) is 1. The van der Waals surface area contributed by atoms with Gasteiger partial charge < -0.3 is 30.7 Å². The van der Waals surface area contributed by atoms with Gasteiger partial charge in [0.25, 0.3) is 5.91 Å². The Hall–Kier alpha value is -3.51. The molecule has 1 fully saturated rings. The average Bonchev–Trinajstić information content (AvgIpc) is 3.59. The molecule has 38 heavy (non-hydrogen) atoms. The van der Waals surface area contributed by atoms with Crippen LogP contribution in [-0.4, -0.2) is 93.7 Å². The molecule has 2 aromatic rings. The highest BCUT2D eigenvalue weighted by molar-refractivity contribution is 5.98. The number of rotatable bonds is 2. The van der Waals surface area contributed by atoms with Gasteiger partial charge in [-0.1, -0.05) is 11.3 Å². The van der Waals surface area contributed by atoms with Crippen molar-refractivity contribution in [3.05, 3.63) is 41.2 Å². The first kappa shape index (κ1) is 27.5. The summed E-state index contributed by atoms with van der Waals surface area (Å²) >= 11 is 0. The lowest BCUT2D eigenvalue weighted by Gasteiger charge is -2.26. The van der Waals surface area contributed by atoms with E-state index in [0.29, 0.717) is 43.9 Å². The minimum absolute atomic E-state index is 0.0148. The Morgan fingerprint density at radius 3 is 2.79 bits per heavy atom. The average molecular weight is 528 g/mol. The number of hydrogen-bond acceptors (Lipinski definition) is 8. The number of carbonyl (C=O) groups excluding carboxylic acids is 3. The van der Waals surface area contributed by atoms with E-state index in [1.165, 1.54) is 6.92 Å². The number of nitrogens with zero attached hydrogens (tertiary/aromatic N) is 4. The zero-order valence-corrected chi connectivity index (χ0v) is 22.0. The molecule has 4 bridgehead atoms. The van der Waals surface area contributed by atoms with Crippen molar-refractivity contribution < 1.29 is 24.2 Å². The van der Waals surface area contributed by atoms with Crippen molar-refractivity contribution >= 4 is 17.7 Å². The Bertz CT molecular complexity index is 1130. The van der Waals surface area contributed by atoms with E-state index in [0.717, 1.165) is 30.6 Å². The fourth-order valence-electron chi connectivity index (χ4n) is 4.62. The van der Waals surface area contributed by atoms with Crippen molar-refractivity contribution in [1.29, 1.82) is 0 Å². The summed E-state index contributed by atoms with van der Waals surface area (Å²) in [5, 5.41) is 27.3. The number of aliphatic hydroxyl groups excluding tert-OH is 1. The smallest absolute Gasteiger partial charge is 0.252 e. The highest BCUT2D eigenvalue weighted by Crippen LogP contribution is 2.20. The third-order valence-electron chi connectivity index (χ3n) is 6.87. The predicted molar refractivity (Wildman–Crippen MR) is 139 cm³/mol. The minimum Gasteiger partial charge on any atom is -0.493 e. The largest absolute Gasteiger partial charge is 0.493 e. The van der Waals surface area contributed by atoms with E-state index in [2.05, 4.69) is 26.3 Å². The molecule has 0 aliphatic carbocycles. The molecule has 2 aliphatic rings. The number of hydrogen-bond donors (Lipinski definition) is 4. The number of carbonyl (C=O) groups is 3. The van der Waals surface area contributed by atoms with Crippen molar-refractivity contribution in [1.82, 2.24) is 35.8 Å². The van der Waals surface area contributed by atoms with Crippen LogP contribution in [0.1, 0.15) is 47.8 Å². The van der Waals surface area contributed by atoms with Crippen molar-refractivity contribution in [2.45, 2.75) is 64.3 Å². The van der Waals surface area contributed by atoms with Crippen LogP contribution in [0.5, 0.6) is 5.75 Å². The lowest BCUT2D eigenvalue weighted by atomic mass is 10.1. The lowest BCUT2D eigenvalue weighted by molar-refractivity contribution is -0.133. The van der Waals surface area contributed by atoms with Crippen LogP contribution >= 0.6 is 0 Å². The first-order valence-corrected chi connectivity index (χ1v) is 13.2. The number of amides is 3. The lowest BCUT2D eigenvalue weighted by Crippen LogP contribution is -2.54. The van der Waals surface area contributed by atoms with Gasteiger partial charge in [-0.15, -0.1) is 5.10 Å². The van der Waals surface area contributed by atoms with Crippen LogP contribution < -0.4 is 20.7 Å². The summed E-state index contributed by atoms with van der Waals surface area (Å²) in [6.45, 7) is 6.06. The fourth-order valence-corrected chi connectivity index (χ4v) is 4.62. The first-order chi connectivity index (χ1) is 18.3. The van der Waals surface area contributed by atoms with E-state index in [9.17, 15) is 19.5 Å². The van der Waals surface area contributed by atoms with Gasteiger partial charge in [0.05, 0.1) is 24.4 Å². The normalized spacial score (nSPS) is 22.7. The summed E-state index contributed by atoms with van der Waals surface area (Å²) in [6.07, 6.45) is 3.68. The van der Waals surface area contributed by atoms with Gasteiger partial charge in [0.2, 0.25) is 11.8 Å². The molecule has 1 aromatic carbocycles. The van der Waals surface area contributed by atoms with E-state index >= 15 is 0 Å². The molecule has 0 spiro atoms. The third-order valence-corrected chi connectivity index (χ3v) is 6.87. The van der Waals surface area contributed by atoms with Crippen molar-refractivity contribution in [3.8, 4) is 5.75 Å². The van der Waals surface area contributed by atoms with Crippen LogP contribution in [0, 0.1) is 6.92 Å². The van der Waals surface area contributed by atoms with Crippen molar-refractivity contribution in [2.75, 3.05) is 32.8 Å². The van der Waals surface area contributed by atoms with Gasteiger partial charge >= 0.3 is 0 Å². The molecule has 3 heterocycles. The molecule has 0 unspecified atom stereocenters. The summed E-state index contributed by atoms with van der Waals surface area (Å²) < 4.78 is 7.68. The topological polar surface area (TPSA) is 151 Å². The summed E-state index contributed by atoms with van der Waals surface area (Å²) in [5.74, 6) is -0.463. The monoisotopic (exact) mass is 527 g/mol. The molecule has 4 N–H and O–H groups in total. The predicted octanol–water partition coefficient (Wildman–Crippen LogP) is -0.212. The number of aromatic nitrogens is 3. The zero-order chi connectivity index (χ0) is 27.1. The van der Waals surface area contributed by atoms with E-state index in [4.69, 9.17) is 4.74 Å². The van der Waals surface area contributed by atoms with Crippen LogP contribution in [0.3, 0.4) is 0 Å². The SMILES string of the molecule is Cc1ccc2cc1OCCCn1cc(nn1)CCN(C(=O)[C@H]1CCCN1)CCNC(=O)[C@H]([C@@H](C)O)NC2=O. The standard InChI is InChI=1S/C26H37N7O5/c1-17-6-7-19-15-22(17)38-14-4-11-33-16-20(30-31-33)8-12-32(26(37)21-5-3-9-27-21)13-10-28-25(36)23(18(2)34)29-24(19)35/h6-7,15-16,18,21,23,27,34H,3-5,8-14H2,1-2H3,(H,28,36)(H,29,35)/t18-,21-,23+/m1/s1. The van der Waals surface area contributed by atoms with Crippen molar-refractivity contribution in [2.24, 2.45) is 0 Å². The Morgan fingerprint density at radius 1 is 1.18 bits per heavy atom. The van der Waals surface area contributed by atoms with Gasteiger partial charge in [0, 0.05) is 50.8 Å². The minimum atomic E-state index is -1.16. The summed E-state index contributed by atoms with van der Waals surface area (Å²) in [7, 11) is 0. The Kier molecular flexibility index (Phi) is 9.29. The molecule has 3 amide bonds. The third kappa shape index (κ3) is 7.07. The molecule has 1 saturated heterocycles. The number of nitrogens with one attached hydrogen (secondary N) is 3. The maximum absolute atomic E-state index is 13.2. The fraction of sp³-hybridized carbons (Fsp3) is 0.577. The van der Waals surface area contributed by atoms with Crippen LogP contribution in [0.4, 0.5) is 0 Å². The molecular formula is C26H37N7O5. The van der Waals surface area contributed by atoms with Crippen LogP contribution in [0.2, 0.25) is 0 Å². The van der Waals surface area contributed by atoms with Gasteiger partial charge in [0.15, 0.2) is 0 Å². The molecule has 1 aromatic heterocycles. The zero-order valence-electron chi connectivity index (χ0n) is 22.0. The van der Waals surface area contributed by atoms with Crippen LogP contribution in [0.15, 0.2) is 24.4 Å². The van der Waals surface area contributed by atoms with E-state index < -0.39 is 24.0 Å². The first-order valence-electron chi connectivity index (χ1n) is 13.2. The second-order valence-electron chi connectivity index (χ2n) is 9.86. The van der Waals surface area contributed by atoms with Crippen LogP contribution in [-0.2, 0) is 22.6 Å². The highest BCUT2D eigenvalue weighted by Gasteiger charge is 2.29. The van der Waals surface area contributed by atoms with Crippen molar-refractivity contribution in [3.63, 3.8) is 0 Å². The quantitative estimate of drug-likeness (QED) is 0.419. The van der Waals surface area contributed by atoms with Gasteiger partial charge in [-0.2, -0.15) is 0 Å². The van der Waals surface area contributed by atoms with Crippen LogP contribution in [0.25, 0.3) is 0 Å². The Morgan fingerprint density at radius 2 is 2.03 bits per heavy atom. The number of aliphatic hydroxyl groups is 1. The number of aryl methyl sites for hydroxylation is 2. The molecule has 12 heteroatoms. The molecular weight excluding hydrogens is 490 g/mol. The molecule has 4 rings (SSSR count). The van der Waals surface area contributed by atoms with E-state index in [1.807, 2.05) is 13.1 Å². The van der Waals surface area contributed by atoms with Gasteiger partial charge in [-0.05, 0) is 50.9 Å². The van der Waals surface area contributed by atoms with Gasteiger partial charge in [-0.3, -0.25) is 19.1 Å². The highest BCUT2D eigenvalue weighted by atomic mass is 16.5. The molecule has 2 aliphatic heterocycles. The Balaban J connectivity index is 1.52. The maximum Gasteiger partial charge on any atom is 0.252 e. The summed E-state index contributed by atoms with van der Waals surface area (Å²) in [4.78, 5) is 40.8. The number of benzene rings is 1. The van der Waals surface area contributed by atoms with Gasteiger partial charge in [-0.25, -0.2) is 0 Å². The Labute approximate surface area is 222 Å². The van der Waals surface area contributed by atoms with E-state index in [1.54, 1.807) is 27.8 Å². The second kappa shape index (κ2) is 12.8. The van der Waals surface area contributed by atoms with E-state index in [-0.39, 0.29) is 25.0 Å². The van der Waals surface area contributed by atoms with Gasteiger partial charge in [0.1, 0.15) is 11.8 Å². The molecule has 206 valence electrons.